The lowest BCUT2D eigenvalue weighted by molar-refractivity contribution is -0.153. The minimum atomic E-state index is -0.880. The third kappa shape index (κ3) is 4.14. The Balaban J connectivity index is 2.44. The lowest BCUT2D eigenvalue weighted by Gasteiger charge is -2.01. The molecule has 0 aliphatic rings. The van der Waals surface area contributed by atoms with Gasteiger partial charge in [-0.2, -0.15) is 0 Å². The maximum absolute atomic E-state index is 11.6. The number of hydrogen-bond acceptors (Lipinski definition) is 5. The van der Waals surface area contributed by atoms with Crippen molar-refractivity contribution in [1.29, 1.82) is 0 Å². The second kappa shape index (κ2) is 6.52. The number of carbonyl (C=O) groups is 3. The van der Waals surface area contributed by atoms with E-state index in [-0.39, 0.29) is 25.2 Å². The normalized spacial score (nSPS) is 9.71. The largest absolute Gasteiger partial charge is 0.460 e. The summed E-state index contributed by atoms with van der Waals surface area (Å²) >= 11 is 0. The van der Waals surface area contributed by atoms with Gasteiger partial charge in [0.2, 0.25) is 5.78 Å². The molecule has 0 aliphatic carbocycles. The van der Waals surface area contributed by atoms with Crippen molar-refractivity contribution in [3.8, 4) is 0 Å². The Labute approximate surface area is 98.8 Å². The van der Waals surface area contributed by atoms with Crippen LogP contribution in [0, 0.1) is 0 Å². The zero-order valence-corrected chi connectivity index (χ0v) is 9.51. The molecular formula is C12H13NO4. The van der Waals surface area contributed by atoms with Gasteiger partial charge in [0.1, 0.15) is 0 Å². The summed E-state index contributed by atoms with van der Waals surface area (Å²) in [4.78, 5) is 37.6. The first-order valence-electron chi connectivity index (χ1n) is 5.28. The quantitative estimate of drug-likeness (QED) is 0.420. The number of ether oxygens (including phenoxy) is 1. The van der Waals surface area contributed by atoms with Crippen molar-refractivity contribution in [2.45, 2.75) is 19.8 Å². The Morgan fingerprint density at radius 3 is 2.41 bits per heavy atom. The summed E-state index contributed by atoms with van der Waals surface area (Å²) < 4.78 is 4.53. The molecular weight excluding hydrogens is 222 g/mol. The van der Waals surface area contributed by atoms with E-state index in [9.17, 15) is 14.4 Å². The van der Waals surface area contributed by atoms with Crippen molar-refractivity contribution in [2.75, 3.05) is 6.61 Å². The number of hydrogen-bond donors (Lipinski definition) is 0. The summed E-state index contributed by atoms with van der Waals surface area (Å²) in [5.41, 5.74) is 0.483. The van der Waals surface area contributed by atoms with Crippen LogP contribution in [0.2, 0.25) is 0 Å². The van der Waals surface area contributed by atoms with E-state index in [0.29, 0.717) is 5.56 Å². The van der Waals surface area contributed by atoms with E-state index >= 15 is 0 Å². The highest BCUT2D eigenvalue weighted by Crippen LogP contribution is 2.04. The first-order valence-corrected chi connectivity index (χ1v) is 5.28. The molecule has 1 rings (SSSR count). The van der Waals surface area contributed by atoms with Gasteiger partial charge in [0.05, 0.1) is 6.61 Å². The van der Waals surface area contributed by atoms with Crippen LogP contribution < -0.4 is 0 Å². The van der Waals surface area contributed by atoms with Crippen LogP contribution in [-0.4, -0.2) is 29.1 Å². The van der Waals surface area contributed by atoms with E-state index in [0.717, 1.165) is 0 Å². The van der Waals surface area contributed by atoms with Crippen molar-refractivity contribution in [3.63, 3.8) is 0 Å². The van der Waals surface area contributed by atoms with Crippen LogP contribution >= 0.6 is 0 Å². The van der Waals surface area contributed by atoms with Crippen LogP contribution in [0.1, 0.15) is 30.1 Å². The third-order valence-corrected chi connectivity index (χ3v) is 2.08. The Hall–Kier alpha value is -2.04. The first kappa shape index (κ1) is 13.0. The Morgan fingerprint density at radius 2 is 1.82 bits per heavy atom. The standard InChI is InChI=1S/C12H13NO4/c1-2-17-12(16)11(15)4-3-10(14)9-5-7-13-8-6-9/h5-8H,2-4H2,1H3. The molecule has 0 bridgehead atoms. The number of carbonyl (C=O) groups excluding carboxylic acids is 3. The molecule has 0 saturated heterocycles. The first-order chi connectivity index (χ1) is 8.15. The molecule has 0 atom stereocenters. The Kier molecular flexibility index (Phi) is 5.00. The molecule has 5 heteroatoms. The summed E-state index contributed by atoms with van der Waals surface area (Å²) in [6.07, 6.45) is 2.88. The summed E-state index contributed by atoms with van der Waals surface area (Å²) in [6, 6.07) is 3.13. The van der Waals surface area contributed by atoms with Crippen molar-refractivity contribution < 1.29 is 19.1 Å². The van der Waals surface area contributed by atoms with E-state index in [1.165, 1.54) is 12.4 Å². The third-order valence-electron chi connectivity index (χ3n) is 2.08. The summed E-state index contributed by atoms with van der Waals surface area (Å²) in [7, 11) is 0. The van der Waals surface area contributed by atoms with E-state index in [2.05, 4.69) is 9.72 Å². The summed E-state index contributed by atoms with van der Waals surface area (Å²) in [5.74, 6) is -1.74. The second-order valence-electron chi connectivity index (χ2n) is 3.30. The molecule has 90 valence electrons. The van der Waals surface area contributed by atoms with Crippen molar-refractivity contribution in [2.24, 2.45) is 0 Å². The summed E-state index contributed by atoms with van der Waals surface area (Å²) in [5, 5.41) is 0. The minimum absolute atomic E-state index is 0.00165. The SMILES string of the molecule is CCOC(=O)C(=O)CCC(=O)c1ccncc1. The topological polar surface area (TPSA) is 73.3 Å². The molecule has 0 radical (unpaired) electrons. The fourth-order valence-corrected chi connectivity index (χ4v) is 1.22. The maximum atomic E-state index is 11.6. The second-order valence-corrected chi connectivity index (χ2v) is 3.30. The van der Waals surface area contributed by atoms with Crippen LogP contribution in [0.3, 0.4) is 0 Å². The van der Waals surface area contributed by atoms with E-state index in [4.69, 9.17) is 0 Å². The molecule has 0 saturated carbocycles. The van der Waals surface area contributed by atoms with Gasteiger partial charge < -0.3 is 4.74 Å². The monoisotopic (exact) mass is 235 g/mol. The smallest absolute Gasteiger partial charge is 0.374 e. The van der Waals surface area contributed by atoms with Gasteiger partial charge in [-0.25, -0.2) is 4.79 Å². The van der Waals surface area contributed by atoms with E-state index < -0.39 is 11.8 Å². The molecule has 1 aromatic heterocycles. The van der Waals surface area contributed by atoms with Crippen LogP contribution in [0.5, 0.6) is 0 Å². The Bertz CT molecular complexity index is 414. The molecule has 0 N–H and O–H groups in total. The van der Waals surface area contributed by atoms with Crippen LogP contribution in [0.4, 0.5) is 0 Å². The van der Waals surface area contributed by atoms with Gasteiger partial charge >= 0.3 is 5.97 Å². The van der Waals surface area contributed by atoms with Gasteiger partial charge in [0, 0.05) is 30.8 Å². The van der Waals surface area contributed by atoms with Gasteiger partial charge in [0.15, 0.2) is 5.78 Å². The van der Waals surface area contributed by atoms with Crippen molar-refractivity contribution in [3.05, 3.63) is 30.1 Å². The number of aromatic nitrogens is 1. The minimum Gasteiger partial charge on any atom is -0.460 e. The van der Waals surface area contributed by atoms with Gasteiger partial charge in [0.25, 0.3) is 0 Å². The average Bonchev–Trinajstić information content (AvgIpc) is 2.36. The number of Topliss-reactive ketones (excluding diaryl/α,β-unsaturated/α-hetero) is 2. The molecule has 1 heterocycles. The van der Waals surface area contributed by atoms with Crippen LogP contribution in [-0.2, 0) is 14.3 Å². The predicted octanol–water partition coefficient (Wildman–Crippen LogP) is 1.18. The number of ketones is 2. The molecule has 0 fully saturated rings. The van der Waals surface area contributed by atoms with E-state index in [1.54, 1.807) is 19.1 Å². The Morgan fingerprint density at radius 1 is 1.18 bits per heavy atom. The van der Waals surface area contributed by atoms with Crippen molar-refractivity contribution >= 4 is 17.5 Å². The molecule has 0 spiro atoms. The number of rotatable bonds is 6. The zero-order chi connectivity index (χ0) is 12.7. The number of esters is 1. The lowest BCUT2D eigenvalue weighted by atomic mass is 10.1. The lowest BCUT2D eigenvalue weighted by Crippen LogP contribution is -2.18. The molecule has 0 aliphatic heterocycles. The highest BCUT2D eigenvalue weighted by Gasteiger charge is 2.16. The summed E-state index contributed by atoms with van der Waals surface area (Å²) in [6.45, 7) is 1.77. The molecule has 17 heavy (non-hydrogen) atoms. The van der Waals surface area contributed by atoms with Crippen molar-refractivity contribution in [1.82, 2.24) is 4.98 Å². The van der Waals surface area contributed by atoms with Crippen LogP contribution in [0.15, 0.2) is 24.5 Å². The van der Waals surface area contributed by atoms with Gasteiger partial charge in [-0.15, -0.1) is 0 Å². The number of nitrogens with zero attached hydrogens (tertiary/aromatic N) is 1. The van der Waals surface area contributed by atoms with Gasteiger partial charge in [-0.3, -0.25) is 14.6 Å². The number of pyridine rings is 1. The predicted molar refractivity (Wildman–Crippen MR) is 59.4 cm³/mol. The highest BCUT2D eigenvalue weighted by atomic mass is 16.5. The zero-order valence-electron chi connectivity index (χ0n) is 9.51. The molecule has 1 aromatic rings. The fraction of sp³-hybridized carbons (Fsp3) is 0.333. The highest BCUT2D eigenvalue weighted by molar-refractivity contribution is 6.34. The van der Waals surface area contributed by atoms with Crippen LogP contribution in [0.25, 0.3) is 0 Å². The van der Waals surface area contributed by atoms with E-state index in [1.807, 2.05) is 0 Å². The molecule has 0 unspecified atom stereocenters. The average molecular weight is 235 g/mol. The fourth-order valence-electron chi connectivity index (χ4n) is 1.22. The van der Waals surface area contributed by atoms with Gasteiger partial charge in [-0.1, -0.05) is 0 Å². The maximum Gasteiger partial charge on any atom is 0.374 e. The van der Waals surface area contributed by atoms with Gasteiger partial charge in [-0.05, 0) is 19.1 Å². The molecule has 5 nitrogen and oxygen atoms in total. The molecule has 0 amide bonds. The molecule has 0 aromatic carbocycles.